The van der Waals surface area contributed by atoms with Crippen LogP contribution in [0.25, 0.3) is 0 Å². The molecule has 0 saturated carbocycles. The molecule has 0 radical (unpaired) electrons. The summed E-state index contributed by atoms with van der Waals surface area (Å²) in [7, 11) is 0. The van der Waals surface area contributed by atoms with Gasteiger partial charge in [0, 0.05) is 12.1 Å². The van der Waals surface area contributed by atoms with Crippen molar-refractivity contribution in [2.75, 3.05) is 19.6 Å². The number of carboxylic acid groups (broad SMARTS) is 1. The van der Waals surface area contributed by atoms with E-state index in [2.05, 4.69) is 36.9 Å². The molecule has 0 aromatic heterocycles. The molecule has 5 heteroatoms. The van der Waals surface area contributed by atoms with Crippen LogP contribution in [-0.4, -0.2) is 41.5 Å². The molecule has 2 aromatic rings. The third kappa shape index (κ3) is 3.99. The number of carbonyl (C=O) groups is 2. The van der Waals surface area contributed by atoms with E-state index in [1.807, 2.05) is 24.3 Å². The highest BCUT2D eigenvalue weighted by molar-refractivity contribution is 5.93. The van der Waals surface area contributed by atoms with Crippen LogP contribution in [0.5, 0.6) is 0 Å². The Kier molecular flexibility index (Phi) is 5.65. The number of rotatable bonds is 6. The largest absolute Gasteiger partial charge is 0.481 e. The van der Waals surface area contributed by atoms with Crippen LogP contribution >= 0.6 is 0 Å². The van der Waals surface area contributed by atoms with E-state index in [-0.39, 0.29) is 5.41 Å². The first-order chi connectivity index (χ1) is 14.7. The maximum absolute atomic E-state index is 12.2. The van der Waals surface area contributed by atoms with Gasteiger partial charge in [-0.05, 0) is 78.9 Å². The molecule has 0 unspecified atom stereocenters. The van der Waals surface area contributed by atoms with Crippen molar-refractivity contribution in [3.8, 4) is 0 Å². The predicted molar refractivity (Wildman–Crippen MR) is 121 cm³/mol. The average Bonchev–Trinajstić information content (AvgIpc) is 3.15. The van der Waals surface area contributed by atoms with E-state index >= 15 is 0 Å². The molecular weight excluding hydrogens is 388 g/mol. The number of nitrogens with zero attached hydrogens (tertiary/aromatic N) is 1. The third-order valence-corrected chi connectivity index (χ3v) is 7.91. The van der Waals surface area contributed by atoms with Gasteiger partial charge in [0.1, 0.15) is 0 Å². The van der Waals surface area contributed by atoms with Gasteiger partial charge in [-0.1, -0.05) is 50.2 Å². The fourth-order valence-electron chi connectivity index (χ4n) is 5.48. The Labute approximate surface area is 184 Å². The number of hydrogen-bond donors (Lipinski definition) is 2. The molecule has 164 valence electrons. The molecule has 1 heterocycles. The minimum Gasteiger partial charge on any atom is -0.481 e. The fourth-order valence-corrected chi connectivity index (χ4v) is 5.48. The van der Waals surface area contributed by atoms with Crippen LogP contribution in [0.1, 0.15) is 53.7 Å². The van der Waals surface area contributed by atoms with Crippen LogP contribution in [0.3, 0.4) is 0 Å². The lowest BCUT2D eigenvalue weighted by Crippen LogP contribution is -2.48. The van der Waals surface area contributed by atoms with Crippen LogP contribution in [0, 0.1) is 11.3 Å². The van der Waals surface area contributed by atoms with Crippen LogP contribution in [0.15, 0.2) is 48.5 Å². The zero-order valence-electron chi connectivity index (χ0n) is 18.4. The Hall–Kier alpha value is -2.66. The van der Waals surface area contributed by atoms with Crippen molar-refractivity contribution in [2.24, 2.45) is 17.1 Å². The summed E-state index contributed by atoms with van der Waals surface area (Å²) in [6, 6.07) is 15.8. The minimum absolute atomic E-state index is 0.0317. The summed E-state index contributed by atoms with van der Waals surface area (Å²) in [4.78, 5) is 26.3. The summed E-state index contributed by atoms with van der Waals surface area (Å²) in [5.74, 6) is -0.695. The van der Waals surface area contributed by atoms with Crippen molar-refractivity contribution >= 4 is 11.9 Å². The van der Waals surface area contributed by atoms with Crippen LogP contribution in [-0.2, 0) is 23.1 Å². The standard InChI is InChI=1S/C26H32N2O3/c1-18-17-28(12-10-25(18,2)22-9-5-8-19(14-22)23(27)29)13-11-26(24(30)31)15-20-6-3-4-7-21(20)16-26/h3-9,14,18H,10-13,15-17H2,1-2H3,(H2,27,29)(H,30,31)/t18-,25+/m1/s1. The highest BCUT2D eigenvalue weighted by Crippen LogP contribution is 2.42. The molecule has 4 rings (SSSR count). The SMILES string of the molecule is C[C@@H]1CN(CCC2(C(=O)O)Cc3ccccc3C2)CC[C@]1(C)c1cccc(C(N)=O)c1. The van der Waals surface area contributed by atoms with E-state index in [9.17, 15) is 14.7 Å². The molecule has 3 N–H and O–H groups in total. The van der Waals surface area contributed by atoms with Gasteiger partial charge in [0.2, 0.25) is 5.91 Å². The van der Waals surface area contributed by atoms with Gasteiger partial charge in [0.05, 0.1) is 5.41 Å². The molecule has 0 spiro atoms. The topological polar surface area (TPSA) is 83.6 Å². The molecule has 1 amide bonds. The predicted octanol–water partition coefficient (Wildman–Crippen LogP) is 3.64. The van der Waals surface area contributed by atoms with Gasteiger partial charge in [-0.2, -0.15) is 0 Å². The smallest absolute Gasteiger partial charge is 0.310 e. The van der Waals surface area contributed by atoms with Crippen LogP contribution in [0.4, 0.5) is 0 Å². The van der Waals surface area contributed by atoms with Crippen molar-refractivity contribution in [3.05, 3.63) is 70.8 Å². The zero-order chi connectivity index (χ0) is 22.2. The lowest BCUT2D eigenvalue weighted by atomic mass is 9.67. The molecule has 2 atom stereocenters. The van der Waals surface area contributed by atoms with Crippen molar-refractivity contribution in [2.45, 2.75) is 44.9 Å². The molecule has 2 aromatic carbocycles. The first-order valence-electron chi connectivity index (χ1n) is 11.2. The number of carbonyl (C=O) groups excluding carboxylic acids is 1. The Morgan fingerprint density at radius 1 is 1.13 bits per heavy atom. The van der Waals surface area contributed by atoms with E-state index in [0.29, 0.717) is 30.7 Å². The number of benzene rings is 2. The van der Waals surface area contributed by atoms with Gasteiger partial charge >= 0.3 is 5.97 Å². The summed E-state index contributed by atoms with van der Waals surface area (Å²) >= 11 is 0. The van der Waals surface area contributed by atoms with Gasteiger partial charge in [0.25, 0.3) is 0 Å². The molecule has 1 aliphatic heterocycles. The van der Waals surface area contributed by atoms with Gasteiger partial charge in [-0.15, -0.1) is 0 Å². The second-order valence-corrected chi connectivity index (χ2v) is 9.77. The number of nitrogens with two attached hydrogens (primary N) is 1. The summed E-state index contributed by atoms with van der Waals surface area (Å²) in [6.07, 6.45) is 2.88. The Bertz CT molecular complexity index is 977. The quantitative estimate of drug-likeness (QED) is 0.747. The second kappa shape index (κ2) is 8.12. The number of fused-ring (bicyclic) bond motifs is 1. The van der Waals surface area contributed by atoms with E-state index in [4.69, 9.17) is 5.73 Å². The monoisotopic (exact) mass is 420 g/mol. The number of aliphatic carboxylic acids is 1. The maximum atomic E-state index is 12.2. The number of likely N-dealkylation sites (tertiary alicyclic amines) is 1. The lowest BCUT2D eigenvalue weighted by molar-refractivity contribution is -0.149. The molecular formula is C26H32N2O3. The number of piperidine rings is 1. The van der Waals surface area contributed by atoms with Crippen molar-refractivity contribution < 1.29 is 14.7 Å². The molecule has 2 aliphatic rings. The van der Waals surface area contributed by atoms with Crippen molar-refractivity contribution in [1.29, 1.82) is 0 Å². The van der Waals surface area contributed by atoms with Crippen LogP contribution in [0.2, 0.25) is 0 Å². The highest BCUT2D eigenvalue weighted by Gasteiger charge is 2.45. The molecule has 1 saturated heterocycles. The average molecular weight is 421 g/mol. The Balaban J connectivity index is 1.43. The molecule has 5 nitrogen and oxygen atoms in total. The Morgan fingerprint density at radius 3 is 2.39 bits per heavy atom. The summed E-state index contributed by atoms with van der Waals surface area (Å²) in [5, 5.41) is 10.1. The first kappa shape index (κ1) is 21.6. The second-order valence-electron chi connectivity index (χ2n) is 9.77. The normalized spacial score (nSPS) is 25.2. The zero-order valence-corrected chi connectivity index (χ0v) is 18.4. The Morgan fingerprint density at radius 2 is 1.81 bits per heavy atom. The minimum atomic E-state index is -0.691. The van der Waals surface area contributed by atoms with Crippen LogP contribution < -0.4 is 5.73 Å². The molecule has 0 bridgehead atoms. The van der Waals surface area contributed by atoms with Gasteiger partial charge in [-0.3, -0.25) is 9.59 Å². The summed E-state index contributed by atoms with van der Waals surface area (Å²) in [6.45, 7) is 7.15. The number of carboxylic acids is 1. The molecule has 1 aliphatic carbocycles. The van der Waals surface area contributed by atoms with Crippen molar-refractivity contribution in [1.82, 2.24) is 4.90 Å². The van der Waals surface area contributed by atoms with E-state index in [1.165, 1.54) is 11.1 Å². The third-order valence-electron chi connectivity index (χ3n) is 7.91. The summed E-state index contributed by atoms with van der Waals surface area (Å²) in [5.41, 5.74) is 8.83. The van der Waals surface area contributed by atoms with Crippen molar-refractivity contribution in [3.63, 3.8) is 0 Å². The highest BCUT2D eigenvalue weighted by atomic mass is 16.4. The van der Waals surface area contributed by atoms with Gasteiger partial charge < -0.3 is 15.7 Å². The van der Waals surface area contributed by atoms with E-state index < -0.39 is 17.3 Å². The van der Waals surface area contributed by atoms with E-state index in [0.717, 1.165) is 31.6 Å². The maximum Gasteiger partial charge on any atom is 0.310 e. The van der Waals surface area contributed by atoms with Gasteiger partial charge in [0.15, 0.2) is 0 Å². The number of hydrogen-bond acceptors (Lipinski definition) is 3. The van der Waals surface area contributed by atoms with E-state index in [1.54, 1.807) is 6.07 Å². The first-order valence-corrected chi connectivity index (χ1v) is 11.2. The number of primary amides is 1. The molecule has 1 fully saturated rings. The van der Waals surface area contributed by atoms with Gasteiger partial charge in [-0.25, -0.2) is 0 Å². The fraction of sp³-hybridized carbons (Fsp3) is 0.462. The molecule has 31 heavy (non-hydrogen) atoms. The lowest BCUT2D eigenvalue weighted by Gasteiger charge is -2.45. The summed E-state index contributed by atoms with van der Waals surface area (Å²) < 4.78 is 0. The number of amides is 1.